The fraction of sp³-hybridized carbons (Fsp3) is 1.00. The predicted octanol–water partition coefficient (Wildman–Crippen LogP) is 1.77. The summed E-state index contributed by atoms with van der Waals surface area (Å²) in [6.07, 6.45) is 5.47. The minimum absolute atomic E-state index is 0.129. The van der Waals surface area contributed by atoms with E-state index in [0.717, 1.165) is 45.5 Å². The molecule has 2 aliphatic heterocycles. The van der Waals surface area contributed by atoms with Gasteiger partial charge in [0.05, 0.1) is 18.3 Å². The molecule has 0 bridgehead atoms. The van der Waals surface area contributed by atoms with Crippen molar-refractivity contribution in [2.24, 2.45) is 5.73 Å². The van der Waals surface area contributed by atoms with Gasteiger partial charge in [0.1, 0.15) is 0 Å². The standard InChI is InChI=1S/C15H30N2O2/c1-4-5-14-8-15(11-16,6-7-18-14)17-9-12(2)19-13(3)10-17/h12-14H,4-11,16H2,1-3H3. The first-order chi connectivity index (χ1) is 9.09. The normalized spacial score (nSPS) is 41.4. The molecule has 4 nitrogen and oxygen atoms in total. The van der Waals surface area contributed by atoms with Gasteiger partial charge >= 0.3 is 0 Å². The van der Waals surface area contributed by atoms with Crippen LogP contribution in [0.3, 0.4) is 0 Å². The van der Waals surface area contributed by atoms with Crippen molar-refractivity contribution in [2.45, 2.75) is 70.3 Å². The molecule has 2 heterocycles. The number of nitrogens with two attached hydrogens (primary N) is 1. The van der Waals surface area contributed by atoms with E-state index in [4.69, 9.17) is 15.2 Å². The second kappa shape index (κ2) is 6.53. The van der Waals surface area contributed by atoms with Crippen molar-refractivity contribution >= 4 is 0 Å². The first-order valence-corrected chi connectivity index (χ1v) is 7.82. The van der Waals surface area contributed by atoms with Gasteiger partial charge in [-0.05, 0) is 33.1 Å². The summed E-state index contributed by atoms with van der Waals surface area (Å²) >= 11 is 0. The van der Waals surface area contributed by atoms with Gasteiger partial charge in [-0.2, -0.15) is 0 Å². The second-order valence-corrected chi connectivity index (χ2v) is 6.33. The fourth-order valence-electron chi connectivity index (χ4n) is 3.67. The van der Waals surface area contributed by atoms with Gasteiger partial charge in [0.2, 0.25) is 0 Å². The summed E-state index contributed by atoms with van der Waals surface area (Å²) in [5.41, 5.74) is 6.31. The van der Waals surface area contributed by atoms with Crippen molar-refractivity contribution in [3.63, 3.8) is 0 Å². The average molecular weight is 270 g/mol. The zero-order chi connectivity index (χ0) is 13.9. The SMILES string of the molecule is CCCC1CC(CN)(N2CC(C)OC(C)C2)CCO1. The molecule has 0 radical (unpaired) electrons. The second-order valence-electron chi connectivity index (χ2n) is 6.33. The smallest absolute Gasteiger partial charge is 0.0678 e. The average Bonchev–Trinajstić information content (AvgIpc) is 2.38. The van der Waals surface area contributed by atoms with Gasteiger partial charge in [-0.25, -0.2) is 0 Å². The first-order valence-electron chi connectivity index (χ1n) is 7.82. The molecule has 0 spiro atoms. The maximum Gasteiger partial charge on any atom is 0.0678 e. The third-order valence-electron chi connectivity index (χ3n) is 4.61. The third kappa shape index (κ3) is 3.48. The van der Waals surface area contributed by atoms with E-state index in [1.165, 1.54) is 6.42 Å². The van der Waals surface area contributed by atoms with E-state index in [2.05, 4.69) is 25.7 Å². The Labute approximate surface area is 117 Å². The summed E-state index contributed by atoms with van der Waals surface area (Å²) in [6.45, 7) is 10.1. The van der Waals surface area contributed by atoms with Crippen LogP contribution in [0, 0.1) is 0 Å². The highest BCUT2D eigenvalue weighted by molar-refractivity contribution is 4.98. The Bertz CT molecular complexity index is 275. The van der Waals surface area contributed by atoms with E-state index < -0.39 is 0 Å². The molecule has 2 N–H and O–H groups in total. The van der Waals surface area contributed by atoms with Gasteiger partial charge in [-0.3, -0.25) is 4.90 Å². The Morgan fingerprint density at radius 2 is 1.95 bits per heavy atom. The number of ether oxygens (including phenoxy) is 2. The Balaban J connectivity index is 2.07. The number of rotatable bonds is 4. The Morgan fingerprint density at radius 3 is 2.53 bits per heavy atom. The van der Waals surface area contributed by atoms with Crippen LogP contribution in [-0.4, -0.2) is 55.0 Å². The van der Waals surface area contributed by atoms with Crippen LogP contribution in [0.4, 0.5) is 0 Å². The topological polar surface area (TPSA) is 47.7 Å². The van der Waals surface area contributed by atoms with E-state index in [-0.39, 0.29) is 5.54 Å². The highest BCUT2D eigenvalue weighted by Gasteiger charge is 2.43. The van der Waals surface area contributed by atoms with Gasteiger partial charge in [0, 0.05) is 31.8 Å². The first kappa shape index (κ1) is 15.2. The number of hydrogen-bond donors (Lipinski definition) is 1. The molecule has 0 aliphatic carbocycles. The van der Waals surface area contributed by atoms with Gasteiger partial charge in [0.25, 0.3) is 0 Å². The summed E-state index contributed by atoms with van der Waals surface area (Å²) < 4.78 is 11.8. The van der Waals surface area contributed by atoms with Crippen molar-refractivity contribution in [3.05, 3.63) is 0 Å². The van der Waals surface area contributed by atoms with Crippen LogP contribution >= 0.6 is 0 Å². The number of morpholine rings is 1. The summed E-state index contributed by atoms with van der Waals surface area (Å²) in [7, 11) is 0. The van der Waals surface area contributed by atoms with Crippen LogP contribution in [-0.2, 0) is 9.47 Å². The van der Waals surface area contributed by atoms with Gasteiger partial charge in [-0.1, -0.05) is 13.3 Å². The lowest BCUT2D eigenvalue weighted by atomic mass is 9.82. The molecular formula is C15H30N2O2. The zero-order valence-electron chi connectivity index (χ0n) is 12.7. The molecule has 0 aromatic heterocycles. The molecule has 2 rings (SSSR count). The van der Waals surface area contributed by atoms with Crippen LogP contribution in [0.2, 0.25) is 0 Å². The van der Waals surface area contributed by atoms with E-state index in [1.807, 2.05) is 0 Å². The largest absolute Gasteiger partial charge is 0.378 e. The molecule has 0 aromatic rings. The monoisotopic (exact) mass is 270 g/mol. The molecule has 2 fully saturated rings. The minimum Gasteiger partial charge on any atom is -0.378 e. The molecular weight excluding hydrogens is 240 g/mol. The van der Waals surface area contributed by atoms with Gasteiger partial charge in [-0.15, -0.1) is 0 Å². The number of nitrogens with zero attached hydrogens (tertiary/aromatic N) is 1. The van der Waals surface area contributed by atoms with Crippen LogP contribution in [0.15, 0.2) is 0 Å². The zero-order valence-corrected chi connectivity index (χ0v) is 12.7. The van der Waals surface area contributed by atoms with Crippen molar-refractivity contribution in [2.75, 3.05) is 26.2 Å². The van der Waals surface area contributed by atoms with Crippen LogP contribution in [0.1, 0.15) is 46.5 Å². The lowest BCUT2D eigenvalue weighted by molar-refractivity contribution is -0.135. The lowest BCUT2D eigenvalue weighted by Gasteiger charge is -2.51. The van der Waals surface area contributed by atoms with Gasteiger partial charge in [0.15, 0.2) is 0 Å². The van der Waals surface area contributed by atoms with E-state index in [9.17, 15) is 0 Å². The molecule has 0 amide bonds. The molecule has 4 atom stereocenters. The maximum absolute atomic E-state index is 6.18. The molecule has 0 saturated carbocycles. The lowest BCUT2D eigenvalue weighted by Crippen LogP contribution is -2.63. The van der Waals surface area contributed by atoms with E-state index in [1.54, 1.807) is 0 Å². The summed E-state index contributed by atoms with van der Waals surface area (Å²) in [6, 6.07) is 0. The maximum atomic E-state index is 6.18. The van der Waals surface area contributed by atoms with Crippen molar-refractivity contribution < 1.29 is 9.47 Å². The van der Waals surface area contributed by atoms with Crippen molar-refractivity contribution in [1.29, 1.82) is 0 Å². The van der Waals surface area contributed by atoms with Crippen LogP contribution < -0.4 is 5.73 Å². The molecule has 0 aromatic carbocycles. The van der Waals surface area contributed by atoms with Crippen molar-refractivity contribution in [3.8, 4) is 0 Å². The Kier molecular flexibility index (Phi) is 5.23. The number of hydrogen-bond acceptors (Lipinski definition) is 4. The highest BCUT2D eigenvalue weighted by Crippen LogP contribution is 2.34. The van der Waals surface area contributed by atoms with Crippen LogP contribution in [0.25, 0.3) is 0 Å². The molecule has 4 unspecified atom stereocenters. The minimum atomic E-state index is 0.129. The van der Waals surface area contributed by atoms with Crippen LogP contribution in [0.5, 0.6) is 0 Å². The molecule has 2 aliphatic rings. The fourth-order valence-corrected chi connectivity index (χ4v) is 3.67. The molecule has 2 saturated heterocycles. The predicted molar refractivity (Wildman–Crippen MR) is 77.2 cm³/mol. The molecule has 112 valence electrons. The summed E-state index contributed by atoms with van der Waals surface area (Å²) in [5, 5.41) is 0. The summed E-state index contributed by atoms with van der Waals surface area (Å²) in [5.74, 6) is 0. The molecule has 19 heavy (non-hydrogen) atoms. The third-order valence-corrected chi connectivity index (χ3v) is 4.61. The Hall–Kier alpha value is -0.160. The summed E-state index contributed by atoms with van der Waals surface area (Å²) in [4.78, 5) is 2.58. The molecule has 4 heteroatoms. The highest BCUT2D eigenvalue weighted by atomic mass is 16.5. The Morgan fingerprint density at radius 1 is 1.26 bits per heavy atom. The van der Waals surface area contributed by atoms with E-state index >= 15 is 0 Å². The van der Waals surface area contributed by atoms with Gasteiger partial charge < -0.3 is 15.2 Å². The van der Waals surface area contributed by atoms with Crippen molar-refractivity contribution in [1.82, 2.24) is 4.90 Å². The quantitative estimate of drug-likeness (QED) is 0.846. The van der Waals surface area contributed by atoms with E-state index in [0.29, 0.717) is 18.3 Å².